The van der Waals surface area contributed by atoms with E-state index in [9.17, 15) is 33.1 Å². The number of hydrogen-bond acceptors (Lipinski definition) is 13. The zero-order valence-corrected chi connectivity index (χ0v) is 23.2. The third-order valence-electron chi connectivity index (χ3n) is 6.20. The van der Waals surface area contributed by atoms with Crippen molar-refractivity contribution in [3.8, 4) is 11.5 Å². The van der Waals surface area contributed by atoms with E-state index in [0.29, 0.717) is 6.07 Å². The number of pyridine rings is 1. The minimum absolute atomic E-state index is 0.102. The molecular weight excluding hydrogens is 564 g/mol. The Morgan fingerprint density at radius 3 is 2.55 bits per heavy atom. The van der Waals surface area contributed by atoms with Crippen molar-refractivity contribution in [1.29, 1.82) is 0 Å². The minimum Gasteiger partial charge on any atom is -0.493 e. The fourth-order valence-corrected chi connectivity index (χ4v) is 3.90. The van der Waals surface area contributed by atoms with Crippen LogP contribution in [0.4, 0.5) is 8.78 Å². The monoisotopic (exact) mass is 595 g/mol. The number of halogens is 2. The van der Waals surface area contributed by atoms with Gasteiger partial charge in [0.25, 0.3) is 0 Å². The highest BCUT2D eigenvalue weighted by atomic mass is 19.1. The van der Waals surface area contributed by atoms with Gasteiger partial charge in [0.2, 0.25) is 0 Å². The van der Waals surface area contributed by atoms with Crippen molar-refractivity contribution in [3.05, 3.63) is 53.4 Å². The normalized spacial score (nSPS) is 21.7. The van der Waals surface area contributed by atoms with Gasteiger partial charge in [0.15, 0.2) is 23.8 Å². The van der Waals surface area contributed by atoms with Gasteiger partial charge in [-0.05, 0) is 19.1 Å². The van der Waals surface area contributed by atoms with Crippen LogP contribution >= 0.6 is 0 Å². The number of hydrogen-bond donors (Lipinski definition) is 3. The minimum atomic E-state index is -1.87. The number of carbonyl (C=O) groups is 4. The van der Waals surface area contributed by atoms with Gasteiger partial charge in [-0.25, -0.2) is 13.6 Å². The maximum atomic E-state index is 14.2. The summed E-state index contributed by atoms with van der Waals surface area (Å²) >= 11 is 0. The summed E-state index contributed by atoms with van der Waals surface area (Å²) in [4.78, 5) is 54.8. The molecule has 1 aliphatic heterocycles. The van der Waals surface area contributed by atoms with Gasteiger partial charge in [-0.15, -0.1) is 0 Å². The number of rotatable bonds is 9. The largest absolute Gasteiger partial charge is 0.493 e. The van der Waals surface area contributed by atoms with E-state index in [0.717, 1.165) is 12.1 Å². The van der Waals surface area contributed by atoms with Gasteiger partial charge in [0.05, 0.1) is 18.6 Å². The van der Waals surface area contributed by atoms with Crippen molar-refractivity contribution in [1.82, 2.24) is 10.3 Å². The van der Waals surface area contributed by atoms with E-state index < -0.39 is 89.7 Å². The van der Waals surface area contributed by atoms with Crippen LogP contribution in [0.15, 0.2) is 30.5 Å². The molecule has 0 bridgehead atoms. The fourth-order valence-electron chi connectivity index (χ4n) is 3.90. The molecule has 4 N–H and O–H groups in total. The Balaban J connectivity index is 1.86. The van der Waals surface area contributed by atoms with Crippen LogP contribution in [0.5, 0.6) is 11.5 Å². The molecule has 4 unspecified atom stereocenters. The van der Waals surface area contributed by atoms with Crippen molar-refractivity contribution in [2.24, 2.45) is 17.6 Å². The summed E-state index contributed by atoms with van der Waals surface area (Å²) in [7, 11) is 1.22. The molecule has 15 heteroatoms. The predicted molar refractivity (Wildman–Crippen MR) is 138 cm³/mol. The van der Waals surface area contributed by atoms with Gasteiger partial charge >= 0.3 is 23.9 Å². The summed E-state index contributed by atoms with van der Waals surface area (Å²) in [6.45, 7) is 3.65. The molecule has 0 saturated carbocycles. The smallest absolute Gasteiger partial charge is 0.346 e. The third kappa shape index (κ3) is 7.54. The zero-order chi connectivity index (χ0) is 31.1. The first-order chi connectivity index (χ1) is 19.9. The first kappa shape index (κ1) is 32.3. The standard InChI is InChI=1S/C27H31F2N3O10/c1-12(2)24(34)41-21-13(3)40-27(37)18(11-39-25(35)16(21)10-30)32-23(33)20-22(19(38-4)7-8-31-20)42-26(36)15-6-5-14(28)9-17(15)29/h5-9,12-13,16,18,21,23,32-33H,10-11,30H2,1-4H3/t13?,16-,18?,21?,23?/m1/s1. The van der Waals surface area contributed by atoms with E-state index in [1.165, 1.54) is 26.3 Å². The number of aliphatic hydroxyl groups is 1. The second-order valence-electron chi connectivity index (χ2n) is 9.53. The Morgan fingerprint density at radius 2 is 1.93 bits per heavy atom. The number of nitrogens with zero attached hydrogens (tertiary/aromatic N) is 1. The number of ether oxygens (including phenoxy) is 5. The maximum Gasteiger partial charge on any atom is 0.346 e. The molecule has 5 atom stereocenters. The quantitative estimate of drug-likeness (QED) is 0.213. The summed E-state index contributed by atoms with van der Waals surface area (Å²) in [6, 6.07) is 2.00. The number of aromatic nitrogens is 1. The van der Waals surface area contributed by atoms with Crippen LogP contribution in [0, 0.1) is 23.5 Å². The average Bonchev–Trinajstić information content (AvgIpc) is 2.97. The van der Waals surface area contributed by atoms with Gasteiger partial charge in [-0.3, -0.25) is 24.7 Å². The lowest BCUT2D eigenvalue weighted by Gasteiger charge is -2.29. The number of aliphatic hydroxyl groups excluding tert-OH is 1. The molecule has 42 heavy (non-hydrogen) atoms. The van der Waals surface area contributed by atoms with Crippen LogP contribution in [-0.4, -0.2) is 72.5 Å². The number of benzene rings is 1. The lowest BCUT2D eigenvalue weighted by atomic mass is 9.98. The summed E-state index contributed by atoms with van der Waals surface area (Å²) in [6.07, 6.45) is -3.06. The number of cyclic esters (lactones) is 2. The number of nitrogens with two attached hydrogens (primary N) is 1. The molecule has 1 saturated heterocycles. The molecule has 13 nitrogen and oxygen atoms in total. The molecule has 2 aromatic rings. The van der Waals surface area contributed by atoms with E-state index >= 15 is 0 Å². The van der Waals surface area contributed by atoms with Crippen molar-refractivity contribution < 1.29 is 56.7 Å². The molecular formula is C27H31F2N3O10. The van der Waals surface area contributed by atoms with Gasteiger partial charge < -0.3 is 34.5 Å². The molecule has 1 fully saturated rings. The molecule has 0 aliphatic carbocycles. The zero-order valence-electron chi connectivity index (χ0n) is 23.2. The van der Waals surface area contributed by atoms with Crippen molar-refractivity contribution in [2.45, 2.75) is 45.2 Å². The van der Waals surface area contributed by atoms with E-state index in [-0.39, 0.29) is 18.0 Å². The topological polar surface area (TPSA) is 186 Å². The molecule has 1 aromatic carbocycles. The number of carbonyl (C=O) groups excluding carboxylic acids is 4. The van der Waals surface area contributed by atoms with Gasteiger partial charge in [-0.2, -0.15) is 0 Å². The Hall–Kier alpha value is -4.21. The van der Waals surface area contributed by atoms with Gasteiger partial charge in [-0.1, -0.05) is 13.8 Å². The molecule has 228 valence electrons. The van der Waals surface area contributed by atoms with Crippen LogP contribution < -0.4 is 20.5 Å². The van der Waals surface area contributed by atoms with Crippen LogP contribution in [0.1, 0.15) is 43.1 Å². The highest BCUT2D eigenvalue weighted by Gasteiger charge is 2.41. The maximum absolute atomic E-state index is 14.2. The Morgan fingerprint density at radius 1 is 1.21 bits per heavy atom. The van der Waals surface area contributed by atoms with E-state index in [1.807, 2.05) is 0 Å². The van der Waals surface area contributed by atoms with Crippen LogP contribution in [-0.2, 0) is 28.6 Å². The van der Waals surface area contributed by atoms with Gasteiger partial charge in [0.1, 0.15) is 42.0 Å². The lowest BCUT2D eigenvalue weighted by molar-refractivity contribution is -0.176. The molecule has 1 aliphatic rings. The van der Waals surface area contributed by atoms with E-state index in [1.54, 1.807) is 13.8 Å². The summed E-state index contributed by atoms with van der Waals surface area (Å²) in [5.41, 5.74) is 4.76. The molecule has 1 aromatic heterocycles. The SMILES string of the molecule is COc1ccnc(C(O)NC2COC(=O)[C@H](CN)C(OC(=O)C(C)C)C(C)OC2=O)c1OC(=O)c1ccc(F)cc1F. The highest BCUT2D eigenvalue weighted by molar-refractivity contribution is 5.91. The second-order valence-corrected chi connectivity index (χ2v) is 9.53. The highest BCUT2D eigenvalue weighted by Crippen LogP contribution is 2.34. The third-order valence-corrected chi connectivity index (χ3v) is 6.20. The van der Waals surface area contributed by atoms with Crippen molar-refractivity contribution >= 4 is 23.9 Å². The van der Waals surface area contributed by atoms with E-state index in [4.69, 9.17) is 29.4 Å². The number of nitrogens with one attached hydrogen (secondary N) is 1. The number of esters is 4. The predicted octanol–water partition coefficient (Wildman–Crippen LogP) is 1.17. The Bertz CT molecular complexity index is 1330. The lowest BCUT2D eigenvalue weighted by Crippen LogP contribution is -2.46. The van der Waals surface area contributed by atoms with E-state index in [2.05, 4.69) is 10.3 Å². The Kier molecular flexibility index (Phi) is 10.9. The molecule has 0 spiro atoms. The summed E-state index contributed by atoms with van der Waals surface area (Å²) in [5, 5.41) is 13.5. The van der Waals surface area contributed by atoms with Gasteiger partial charge in [0, 0.05) is 24.9 Å². The van der Waals surface area contributed by atoms with Crippen molar-refractivity contribution in [2.75, 3.05) is 20.3 Å². The van der Waals surface area contributed by atoms with Crippen LogP contribution in [0.25, 0.3) is 0 Å². The Labute approximate surface area is 239 Å². The molecule has 0 amide bonds. The molecule has 2 heterocycles. The summed E-state index contributed by atoms with van der Waals surface area (Å²) in [5.74, 6) is -8.13. The summed E-state index contributed by atoms with van der Waals surface area (Å²) < 4.78 is 54.0. The first-order valence-corrected chi connectivity index (χ1v) is 12.8. The average molecular weight is 596 g/mol. The second kappa shape index (κ2) is 14.1. The van der Waals surface area contributed by atoms with Crippen LogP contribution in [0.2, 0.25) is 0 Å². The fraction of sp³-hybridized carbons (Fsp3) is 0.444. The first-order valence-electron chi connectivity index (χ1n) is 12.8. The van der Waals surface area contributed by atoms with Crippen molar-refractivity contribution in [3.63, 3.8) is 0 Å². The molecule has 0 radical (unpaired) electrons. The molecule has 3 rings (SSSR count). The number of methoxy groups -OCH3 is 1. The van der Waals surface area contributed by atoms with Crippen LogP contribution in [0.3, 0.4) is 0 Å².